The topological polar surface area (TPSA) is 37.3 Å². The fourth-order valence-electron chi connectivity index (χ4n) is 2.10. The van der Waals surface area contributed by atoms with Crippen molar-refractivity contribution in [3.63, 3.8) is 0 Å². The van der Waals surface area contributed by atoms with Crippen LogP contribution in [0.4, 0.5) is 8.78 Å². The van der Waals surface area contributed by atoms with Crippen molar-refractivity contribution in [1.29, 1.82) is 0 Å². The maximum Gasteiger partial charge on any atom is 0.314 e. The van der Waals surface area contributed by atoms with E-state index in [4.69, 9.17) is 5.11 Å². The molecular weight excluding hydrogens is 238 g/mol. The van der Waals surface area contributed by atoms with Crippen molar-refractivity contribution in [2.75, 3.05) is 0 Å². The number of benzene rings is 1. The molecule has 0 amide bonds. The first-order chi connectivity index (χ1) is 8.30. The fraction of sp³-hybridized carbons (Fsp3) is 0.500. The third-order valence-corrected chi connectivity index (χ3v) is 3.71. The van der Waals surface area contributed by atoms with Gasteiger partial charge in [-0.15, -0.1) is 0 Å². The number of carboxylic acids is 1. The van der Waals surface area contributed by atoms with Crippen molar-refractivity contribution in [1.82, 2.24) is 0 Å². The van der Waals surface area contributed by atoms with Gasteiger partial charge >= 0.3 is 5.97 Å². The Morgan fingerprint density at radius 2 is 1.78 bits per heavy atom. The first kappa shape index (κ1) is 13.0. The number of aliphatic carboxylic acids is 1. The minimum atomic E-state index is -2.88. The van der Waals surface area contributed by atoms with E-state index in [-0.39, 0.29) is 5.56 Å². The molecule has 18 heavy (non-hydrogen) atoms. The van der Waals surface area contributed by atoms with Crippen LogP contribution in [-0.2, 0) is 16.1 Å². The molecule has 98 valence electrons. The van der Waals surface area contributed by atoms with Crippen molar-refractivity contribution in [2.24, 2.45) is 5.92 Å². The Morgan fingerprint density at radius 3 is 2.11 bits per heavy atom. The van der Waals surface area contributed by atoms with Crippen LogP contribution in [-0.4, -0.2) is 11.1 Å². The largest absolute Gasteiger partial charge is 0.481 e. The van der Waals surface area contributed by atoms with Crippen LogP contribution in [0.1, 0.15) is 37.8 Å². The SMILES string of the molecule is CC(C)C(F)(F)c1ccc(C2(C(=O)O)CC2)cc1. The van der Waals surface area contributed by atoms with Crippen molar-refractivity contribution in [3.05, 3.63) is 35.4 Å². The highest BCUT2D eigenvalue weighted by Gasteiger charge is 2.51. The fourth-order valence-corrected chi connectivity index (χ4v) is 2.10. The summed E-state index contributed by atoms with van der Waals surface area (Å²) in [4.78, 5) is 11.1. The number of halogens is 2. The van der Waals surface area contributed by atoms with Gasteiger partial charge in [-0.05, 0) is 18.4 Å². The maximum atomic E-state index is 13.8. The number of hydrogen-bond donors (Lipinski definition) is 1. The van der Waals surface area contributed by atoms with E-state index in [0.717, 1.165) is 0 Å². The molecule has 0 atom stereocenters. The number of carboxylic acid groups (broad SMARTS) is 1. The Morgan fingerprint density at radius 1 is 1.28 bits per heavy atom. The Labute approximate surface area is 105 Å². The normalized spacial score (nSPS) is 17.8. The summed E-state index contributed by atoms with van der Waals surface area (Å²) in [5, 5.41) is 9.13. The van der Waals surface area contributed by atoms with Crippen molar-refractivity contribution in [3.8, 4) is 0 Å². The Kier molecular flexibility index (Phi) is 2.92. The second kappa shape index (κ2) is 4.04. The van der Waals surface area contributed by atoms with E-state index < -0.39 is 23.2 Å². The molecule has 1 aliphatic rings. The van der Waals surface area contributed by atoms with Gasteiger partial charge in [-0.2, -0.15) is 0 Å². The summed E-state index contributed by atoms with van der Waals surface area (Å²) < 4.78 is 27.5. The van der Waals surface area contributed by atoms with Crippen LogP contribution in [0.5, 0.6) is 0 Å². The molecule has 4 heteroatoms. The van der Waals surface area contributed by atoms with Gasteiger partial charge in [-0.3, -0.25) is 4.79 Å². The van der Waals surface area contributed by atoms with Crippen molar-refractivity contribution >= 4 is 5.97 Å². The third-order valence-electron chi connectivity index (χ3n) is 3.71. The second-order valence-electron chi connectivity index (χ2n) is 5.24. The van der Waals surface area contributed by atoms with Crippen LogP contribution in [0.3, 0.4) is 0 Å². The van der Waals surface area contributed by atoms with E-state index in [1.807, 2.05) is 0 Å². The molecule has 0 heterocycles. The summed E-state index contributed by atoms with van der Waals surface area (Å²) in [6.45, 7) is 2.93. The molecule has 0 spiro atoms. The molecule has 0 unspecified atom stereocenters. The highest BCUT2D eigenvalue weighted by Crippen LogP contribution is 2.49. The van der Waals surface area contributed by atoms with E-state index >= 15 is 0 Å². The lowest BCUT2D eigenvalue weighted by atomic mass is 9.92. The molecule has 1 N–H and O–H groups in total. The molecule has 1 aromatic rings. The predicted molar refractivity (Wildman–Crippen MR) is 63.7 cm³/mol. The first-order valence-corrected chi connectivity index (χ1v) is 6.03. The highest BCUT2D eigenvalue weighted by molar-refractivity contribution is 5.84. The summed E-state index contributed by atoms with van der Waals surface area (Å²) in [6, 6.07) is 5.73. The number of rotatable bonds is 4. The molecule has 0 radical (unpaired) electrons. The van der Waals surface area contributed by atoms with Gasteiger partial charge in [0, 0.05) is 11.5 Å². The zero-order valence-corrected chi connectivity index (χ0v) is 10.4. The van der Waals surface area contributed by atoms with Crippen molar-refractivity contribution in [2.45, 2.75) is 38.0 Å². The van der Waals surface area contributed by atoms with Crippen LogP contribution in [0.25, 0.3) is 0 Å². The number of carbonyl (C=O) groups is 1. The zero-order chi connectivity index (χ0) is 13.6. The molecule has 1 fully saturated rings. The van der Waals surface area contributed by atoms with Crippen LogP contribution in [0, 0.1) is 5.92 Å². The van der Waals surface area contributed by atoms with Crippen LogP contribution >= 0.6 is 0 Å². The first-order valence-electron chi connectivity index (χ1n) is 6.03. The molecule has 2 rings (SSSR count). The van der Waals surface area contributed by atoms with E-state index in [0.29, 0.717) is 18.4 Å². The molecule has 0 bridgehead atoms. The number of alkyl halides is 2. The Bertz CT molecular complexity index is 459. The summed E-state index contributed by atoms with van der Waals surface area (Å²) >= 11 is 0. The lowest BCUT2D eigenvalue weighted by Gasteiger charge is -2.21. The smallest absolute Gasteiger partial charge is 0.314 e. The third kappa shape index (κ3) is 1.89. The molecular formula is C14H16F2O2. The van der Waals surface area contributed by atoms with Gasteiger partial charge in [0.15, 0.2) is 0 Å². The molecule has 2 nitrogen and oxygen atoms in total. The Hall–Kier alpha value is -1.45. The minimum Gasteiger partial charge on any atom is -0.481 e. The van der Waals surface area contributed by atoms with Crippen LogP contribution in [0.2, 0.25) is 0 Å². The van der Waals surface area contributed by atoms with Gasteiger partial charge in [-0.1, -0.05) is 38.1 Å². The van der Waals surface area contributed by atoms with Gasteiger partial charge in [0.05, 0.1) is 5.41 Å². The lowest BCUT2D eigenvalue weighted by Crippen LogP contribution is -2.22. The molecule has 1 aromatic carbocycles. The number of hydrogen-bond acceptors (Lipinski definition) is 1. The van der Waals surface area contributed by atoms with E-state index in [1.54, 1.807) is 0 Å². The van der Waals surface area contributed by atoms with Gasteiger partial charge in [0.1, 0.15) is 0 Å². The van der Waals surface area contributed by atoms with Crippen LogP contribution in [0.15, 0.2) is 24.3 Å². The predicted octanol–water partition coefficient (Wildman–Crippen LogP) is 3.55. The Balaban J connectivity index is 2.29. The summed E-state index contributed by atoms with van der Waals surface area (Å²) in [7, 11) is 0. The quantitative estimate of drug-likeness (QED) is 0.892. The van der Waals surface area contributed by atoms with Gasteiger partial charge in [-0.25, -0.2) is 8.78 Å². The molecule has 0 aliphatic heterocycles. The summed E-state index contributed by atoms with van der Waals surface area (Å²) in [5.74, 6) is -4.53. The van der Waals surface area contributed by atoms with Crippen molar-refractivity contribution < 1.29 is 18.7 Å². The molecule has 1 aliphatic carbocycles. The van der Waals surface area contributed by atoms with Gasteiger partial charge in [0.2, 0.25) is 0 Å². The standard InChI is InChI=1S/C14H16F2O2/c1-9(2)14(15,16)11-5-3-10(4-6-11)13(7-8-13)12(17)18/h3-6,9H,7-8H2,1-2H3,(H,17,18). The lowest BCUT2D eigenvalue weighted by molar-refractivity contribution is -0.140. The zero-order valence-electron chi connectivity index (χ0n) is 10.4. The molecule has 1 saturated carbocycles. The minimum absolute atomic E-state index is 0.0533. The average Bonchev–Trinajstić information content (AvgIpc) is 3.10. The van der Waals surface area contributed by atoms with E-state index in [9.17, 15) is 13.6 Å². The van der Waals surface area contributed by atoms with Crippen LogP contribution < -0.4 is 0 Å². The average molecular weight is 254 g/mol. The van der Waals surface area contributed by atoms with E-state index in [2.05, 4.69) is 0 Å². The maximum absolute atomic E-state index is 13.8. The molecule has 0 aromatic heterocycles. The van der Waals surface area contributed by atoms with Gasteiger partial charge < -0.3 is 5.11 Å². The summed E-state index contributed by atoms with van der Waals surface area (Å²) in [5.41, 5.74) is -0.258. The van der Waals surface area contributed by atoms with E-state index in [1.165, 1.54) is 38.1 Å². The van der Waals surface area contributed by atoms with Gasteiger partial charge in [0.25, 0.3) is 5.92 Å². The summed E-state index contributed by atoms with van der Waals surface area (Å²) in [6.07, 6.45) is 1.17. The highest BCUT2D eigenvalue weighted by atomic mass is 19.3. The second-order valence-corrected chi connectivity index (χ2v) is 5.24. The molecule has 0 saturated heterocycles. The monoisotopic (exact) mass is 254 g/mol.